The second-order valence-electron chi connectivity index (χ2n) is 5.24. The van der Waals surface area contributed by atoms with Crippen LogP contribution in [0.5, 0.6) is 0 Å². The van der Waals surface area contributed by atoms with E-state index in [4.69, 9.17) is 0 Å². The maximum atomic E-state index is 11.0. The molecule has 0 saturated carbocycles. The van der Waals surface area contributed by atoms with Crippen molar-refractivity contribution in [1.82, 2.24) is 9.97 Å². The molecule has 1 fully saturated rings. The molecule has 0 bridgehead atoms. The average Bonchev–Trinajstić information content (AvgIpc) is 2.56. The summed E-state index contributed by atoms with van der Waals surface area (Å²) in [6.45, 7) is 5.21. The lowest BCUT2D eigenvalue weighted by molar-refractivity contribution is -0.114. The molecule has 0 radical (unpaired) electrons. The number of carbonyl (C=O) groups is 1. The Morgan fingerprint density at radius 2 is 1.82 bits per heavy atom. The van der Waals surface area contributed by atoms with Crippen LogP contribution < -0.4 is 15.1 Å². The summed E-state index contributed by atoms with van der Waals surface area (Å²) in [6, 6.07) is 9.82. The van der Waals surface area contributed by atoms with Gasteiger partial charge in [-0.05, 0) is 24.3 Å². The Morgan fingerprint density at radius 1 is 1.05 bits per heavy atom. The van der Waals surface area contributed by atoms with Crippen LogP contribution >= 0.6 is 0 Å². The Hall–Kier alpha value is -2.63. The minimum atomic E-state index is -0.107. The number of aromatic nitrogens is 2. The predicted octanol–water partition coefficient (Wildman–Crippen LogP) is 1.76. The van der Waals surface area contributed by atoms with E-state index in [2.05, 4.69) is 25.1 Å². The minimum absolute atomic E-state index is 0.107. The lowest BCUT2D eigenvalue weighted by atomic mass is 10.2. The molecule has 0 aromatic carbocycles. The van der Waals surface area contributed by atoms with E-state index in [1.807, 2.05) is 42.7 Å². The fourth-order valence-electron chi connectivity index (χ4n) is 2.56. The van der Waals surface area contributed by atoms with Gasteiger partial charge in [-0.3, -0.25) is 4.79 Å². The highest BCUT2D eigenvalue weighted by atomic mass is 16.1. The standard InChI is InChI=1S/C16H19N5O/c1-13(22)19-15-6-5-14(12-18-15)20-8-10-21(11-9-20)16-4-2-3-7-17-16/h2-7,12H,8-11H2,1H3,(H,18,19,22). The zero-order valence-electron chi connectivity index (χ0n) is 12.6. The molecular weight excluding hydrogens is 278 g/mol. The SMILES string of the molecule is CC(=O)Nc1ccc(N2CCN(c3ccccn3)CC2)cn1. The lowest BCUT2D eigenvalue weighted by Gasteiger charge is -2.36. The van der Waals surface area contributed by atoms with Crippen LogP contribution in [-0.2, 0) is 4.79 Å². The first-order valence-corrected chi connectivity index (χ1v) is 7.37. The van der Waals surface area contributed by atoms with Crippen molar-refractivity contribution in [1.29, 1.82) is 0 Å². The molecule has 114 valence electrons. The van der Waals surface area contributed by atoms with Crippen molar-refractivity contribution in [2.24, 2.45) is 0 Å². The van der Waals surface area contributed by atoms with E-state index in [1.54, 1.807) is 0 Å². The molecule has 1 aliphatic rings. The van der Waals surface area contributed by atoms with E-state index in [9.17, 15) is 4.79 Å². The number of rotatable bonds is 3. The van der Waals surface area contributed by atoms with E-state index < -0.39 is 0 Å². The van der Waals surface area contributed by atoms with Crippen molar-refractivity contribution in [2.45, 2.75) is 6.92 Å². The Kier molecular flexibility index (Phi) is 4.18. The van der Waals surface area contributed by atoms with Gasteiger partial charge in [0.2, 0.25) is 5.91 Å². The molecule has 3 heterocycles. The zero-order valence-corrected chi connectivity index (χ0v) is 12.6. The molecule has 1 aliphatic heterocycles. The van der Waals surface area contributed by atoms with Gasteiger partial charge in [0.05, 0.1) is 11.9 Å². The van der Waals surface area contributed by atoms with E-state index in [0.717, 1.165) is 37.7 Å². The molecule has 0 spiro atoms. The van der Waals surface area contributed by atoms with Crippen LogP contribution in [0.4, 0.5) is 17.3 Å². The van der Waals surface area contributed by atoms with Crippen LogP contribution in [0.1, 0.15) is 6.92 Å². The summed E-state index contributed by atoms with van der Waals surface area (Å²) in [5, 5.41) is 2.68. The number of piperazine rings is 1. The normalized spacial score (nSPS) is 14.8. The number of pyridine rings is 2. The Balaban J connectivity index is 1.60. The number of nitrogens with one attached hydrogen (secondary N) is 1. The maximum absolute atomic E-state index is 11.0. The number of hydrogen-bond acceptors (Lipinski definition) is 5. The van der Waals surface area contributed by atoms with Gasteiger partial charge < -0.3 is 15.1 Å². The van der Waals surface area contributed by atoms with Crippen molar-refractivity contribution >= 4 is 23.2 Å². The fraction of sp³-hybridized carbons (Fsp3) is 0.312. The summed E-state index contributed by atoms with van der Waals surface area (Å²) < 4.78 is 0. The van der Waals surface area contributed by atoms with Gasteiger partial charge in [0, 0.05) is 39.3 Å². The summed E-state index contributed by atoms with van der Waals surface area (Å²) in [6.07, 6.45) is 3.63. The van der Waals surface area contributed by atoms with Crippen LogP contribution in [0.15, 0.2) is 42.7 Å². The maximum Gasteiger partial charge on any atom is 0.222 e. The van der Waals surface area contributed by atoms with E-state index in [-0.39, 0.29) is 5.91 Å². The largest absolute Gasteiger partial charge is 0.367 e. The van der Waals surface area contributed by atoms with E-state index in [1.165, 1.54) is 6.92 Å². The molecule has 2 aromatic heterocycles. The second-order valence-corrected chi connectivity index (χ2v) is 5.24. The van der Waals surface area contributed by atoms with Gasteiger partial charge in [-0.15, -0.1) is 0 Å². The predicted molar refractivity (Wildman–Crippen MR) is 87.2 cm³/mol. The molecule has 22 heavy (non-hydrogen) atoms. The van der Waals surface area contributed by atoms with Gasteiger partial charge >= 0.3 is 0 Å². The van der Waals surface area contributed by atoms with Crippen molar-refractivity contribution in [3.8, 4) is 0 Å². The lowest BCUT2D eigenvalue weighted by Crippen LogP contribution is -2.46. The summed E-state index contributed by atoms with van der Waals surface area (Å²) >= 11 is 0. The van der Waals surface area contributed by atoms with E-state index in [0.29, 0.717) is 5.82 Å². The molecule has 0 atom stereocenters. The Morgan fingerprint density at radius 3 is 2.41 bits per heavy atom. The second kappa shape index (κ2) is 6.43. The van der Waals surface area contributed by atoms with Crippen LogP contribution in [0.3, 0.4) is 0 Å². The molecule has 0 unspecified atom stereocenters. The highest BCUT2D eigenvalue weighted by Crippen LogP contribution is 2.19. The molecule has 0 aliphatic carbocycles. The first-order valence-electron chi connectivity index (χ1n) is 7.37. The molecule has 6 heteroatoms. The van der Waals surface area contributed by atoms with E-state index >= 15 is 0 Å². The van der Waals surface area contributed by atoms with Gasteiger partial charge in [-0.1, -0.05) is 6.07 Å². The van der Waals surface area contributed by atoms with Crippen LogP contribution in [0.2, 0.25) is 0 Å². The van der Waals surface area contributed by atoms with Crippen molar-refractivity contribution in [3.63, 3.8) is 0 Å². The first-order chi connectivity index (χ1) is 10.7. The van der Waals surface area contributed by atoms with Gasteiger partial charge in [-0.25, -0.2) is 9.97 Å². The Bertz CT molecular complexity index is 621. The summed E-state index contributed by atoms with van der Waals surface area (Å²) in [5.41, 5.74) is 1.08. The average molecular weight is 297 g/mol. The third-order valence-electron chi connectivity index (χ3n) is 3.67. The van der Waals surface area contributed by atoms with Crippen LogP contribution in [0.25, 0.3) is 0 Å². The monoisotopic (exact) mass is 297 g/mol. The summed E-state index contributed by atoms with van der Waals surface area (Å²) in [4.78, 5) is 24.2. The van der Waals surface area contributed by atoms with Crippen LogP contribution in [0, 0.1) is 0 Å². The first kappa shape index (κ1) is 14.3. The van der Waals surface area contributed by atoms with Crippen LogP contribution in [-0.4, -0.2) is 42.1 Å². The smallest absolute Gasteiger partial charge is 0.222 e. The third kappa shape index (κ3) is 3.33. The minimum Gasteiger partial charge on any atom is -0.367 e. The van der Waals surface area contributed by atoms with Crippen molar-refractivity contribution in [2.75, 3.05) is 41.3 Å². The molecule has 6 nitrogen and oxygen atoms in total. The third-order valence-corrected chi connectivity index (χ3v) is 3.67. The zero-order chi connectivity index (χ0) is 15.4. The molecule has 3 rings (SSSR count). The molecule has 2 aromatic rings. The quantitative estimate of drug-likeness (QED) is 0.935. The van der Waals surface area contributed by atoms with Crippen molar-refractivity contribution in [3.05, 3.63) is 42.7 Å². The molecular formula is C16H19N5O. The topological polar surface area (TPSA) is 61.4 Å². The van der Waals surface area contributed by atoms with Gasteiger partial charge in [0.1, 0.15) is 11.6 Å². The number of amides is 1. The molecule has 1 N–H and O–H groups in total. The fourth-order valence-corrected chi connectivity index (χ4v) is 2.56. The molecule has 1 saturated heterocycles. The van der Waals surface area contributed by atoms with Gasteiger partial charge in [-0.2, -0.15) is 0 Å². The Labute approximate surface area is 129 Å². The van der Waals surface area contributed by atoms with Gasteiger partial charge in [0.15, 0.2) is 0 Å². The summed E-state index contributed by atoms with van der Waals surface area (Å²) in [5.74, 6) is 1.51. The highest BCUT2D eigenvalue weighted by Gasteiger charge is 2.18. The van der Waals surface area contributed by atoms with Crippen molar-refractivity contribution < 1.29 is 4.79 Å². The summed E-state index contributed by atoms with van der Waals surface area (Å²) in [7, 11) is 0. The molecule has 1 amide bonds. The number of carbonyl (C=O) groups excluding carboxylic acids is 1. The number of nitrogens with zero attached hydrogens (tertiary/aromatic N) is 4. The van der Waals surface area contributed by atoms with Gasteiger partial charge in [0.25, 0.3) is 0 Å². The number of anilines is 3. The highest BCUT2D eigenvalue weighted by molar-refractivity contribution is 5.87. The number of hydrogen-bond donors (Lipinski definition) is 1.